The second-order valence-corrected chi connectivity index (χ2v) is 12.2. The van der Waals surface area contributed by atoms with Gasteiger partial charge in [-0.25, -0.2) is 4.79 Å². The monoisotopic (exact) mass is 755 g/mol. The van der Waals surface area contributed by atoms with Crippen LogP contribution in [0.2, 0.25) is 5.02 Å². The third kappa shape index (κ3) is 10.5. The van der Waals surface area contributed by atoms with Gasteiger partial charge in [0.1, 0.15) is 11.8 Å². The van der Waals surface area contributed by atoms with Crippen LogP contribution in [0, 0.1) is 0 Å². The van der Waals surface area contributed by atoms with E-state index in [1.54, 1.807) is 36.4 Å². The van der Waals surface area contributed by atoms with Crippen LogP contribution in [0.4, 0.5) is 36.4 Å². The third-order valence-corrected chi connectivity index (χ3v) is 8.19. The number of nitrogens with zero attached hydrogens (tertiary/aromatic N) is 3. The molecule has 1 aliphatic carbocycles. The smallest absolute Gasteiger partial charge is 0.422 e. The number of rotatable bonds is 16. The van der Waals surface area contributed by atoms with Crippen LogP contribution in [0.15, 0.2) is 72.8 Å². The average Bonchev–Trinajstić information content (AvgIpc) is 3.92. The van der Waals surface area contributed by atoms with Gasteiger partial charge in [0, 0.05) is 22.7 Å². The second-order valence-electron chi connectivity index (χ2n) is 11.8. The van der Waals surface area contributed by atoms with Gasteiger partial charge in [-0.2, -0.15) is 28.1 Å². The van der Waals surface area contributed by atoms with Crippen molar-refractivity contribution in [3.63, 3.8) is 0 Å². The maximum absolute atomic E-state index is 13.1. The van der Waals surface area contributed by atoms with E-state index < -0.39 is 53.9 Å². The minimum Gasteiger partial charge on any atom is -0.495 e. The van der Waals surface area contributed by atoms with Crippen molar-refractivity contribution in [2.75, 3.05) is 36.8 Å². The molecule has 0 spiro atoms. The van der Waals surface area contributed by atoms with Crippen molar-refractivity contribution in [3.8, 4) is 11.8 Å². The standard InChI is InChI=1S/C35H33ClF3N7O7/c1-51-27-6-4-3-5-24(27)41-29(49)26(47)16-15-25(30(50)52-2)42-28(48)20-7-13-23(14-8-20)40-31-43-32(45-33(44-31)53-19-35(37,38)39)46-34(17-18-34)21-9-11-22(36)12-10-21/h3-14,25H,15-19H2,1-2H3,(H,41,49)(H,42,48)(H2,40,43,44,45,46)/t25-/m0/s1. The van der Waals surface area contributed by atoms with Crippen LogP contribution in [0.3, 0.4) is 0 Å². The summed E-state index contributed by atoms with van der Waals surface area (Å²) in [4.78, 5) is 62.9. The summed E-state index contributed by atoms with van der Waals surface area (Å²) in [6.45, 7) is -1.63. The number of esters is 1. The lowest BCUT2D eigenvalue weighted by Crippen LogP contribution is -2.42. The first-order valence-corrected chi connectivity index (χ1v) is 16.4. The minimum absolute atomic E-state index is 0.0345. The van der Waals surface area contributed by atoms with Crippen molar-refractivity contribution in [1.82, 2.24) is 20.3 Å². The first-order valence-electron chi connectivity index (χ1n) is 16.0. The average molecular weight is 756 g/mol. The Morgan fingerprint density at radius 3 is 2.23 bits per heavy atom. The molecule has 0 aliphatic heterocycles. The van der Waals surface area contributed by atoms with Crippen molar-refractivity contribution >= 4 is 58.4 Å². The van der Waals surface area contributed by atoms with E-state index in [2.05, 4.69) is 36.2 Å². The summed E-state index contributed by atoms with van der Waals surface area (Å²) in [5.74, 6) is -3.12. The molecule has 14 nitrogen and oxygen atoms in total. The molecule has 3 aromatic carbocycles. The van der Waals surface area contributed by atoms with Gasteiger partial charge in [-0.3, -0.25) is 14.4 Å². The van der Waals surface area contributed by atoms with Crippen LogP contribution in [0.25, 0.3) is 0 Å². The predicted molar refractivity (Wildman–Crippen MR) is 186 cm³/mol. The number of anilines is 4. The Labute approximate surface area is 305 Å². The van der Waals surface area contributed by atoms with Gasteiger partial charge in [-0.15, -0.1) is 0 Å². The van der Waals surface area contributed by atoms with E-state index in [9.17, 15) is 32.3 Å². The molecule has 0 saturated heterocycles. The first kappa shape index (κ1) is 38.3. The summed E-state index contributed by atoms with van der Waals surface area (Å²) >= 11 is 6.02. The SMILES string of the molecule is COC(=O)[C@H](CCC(=O)C(=O)Nc1ccccc1OC)NC(=O)c1ccc(Nc2nc(NC3(c4ccc(Cl)cc4)CC3)nc(OCC(F)(F)F)n2)cc1. The van der Waals surface area contributed by atoms with Crippen LogP contribution in [-0.4, -0.2) is 71.6 Å². The summed E-state index contributed by atoms with van der Waals surface area (Å²) in [6, 6.07) is 17.5. The molecule has 1 aromatic heterocycles. The fraction of sp³-hybridized carbons (Fsp3) is 0.286. The maximum Gasteiger partial charge on any atom is 0.422 e. The summed E-state index contributed by atoms with van der Waals surface area (Å²) in [6.07, 6.45) is -3.85. The quantitative estimate of drug-likeness (QED) is 0.0825. The van der Waals surface area contributed by atoms with Crippen molar-refractivity contribution < 1.29 is 46.6 Å². The highest BCUT2D eigenvalue weighted by Gasteiger charge is 2.45. The molecule has 2 amide bonds. The lowest BCUT2D eigenvalue weighted by Gasteiger charge is -2.19. The molecule has 1 aliphatic rings. The number of ketones is 1. The number of benzene rings is 3. The lowest BCUT2D eigenvalue weighted by atomic mass is 10.1. The third-order valence-electron chi connectivity index (χ3n) is 7.94. The number of halogens is 4. The zero-order chi connectivity index (χ0) is 38.2. The number of alkyl halides is 3. The molecule has 4 aromatic rings. The number of ether oxygens (including phenoxy) is 3. The van der Waals surface area contributed by atoms with Gasteiger partial charge in [-0.1, -0.05) is 35.9 Å². The Kier molecular flexibility index (Phi) is 12.0. The summed E-state index contributed by atoms with van der Waals surface area (Å²) in [5.41, 5.74) is 1.07. The van der Waals surface area contributed by atoms with Crippen LogP contribution in [0.1, 0.15) is 41.6 Å². The number of carbonyl (C=O) groups excluding carboxylic acids is 4. The fourth-order valence-corrected chi connectivity index (χ4v) is 5.19. The van der Waals surface area contributed by atoms with E-state index in [0.717, 1.165) is 12.7 Å². The van der Waals surface area contributed by atoms with Gasteiger partial charge in [0.05, 0.1) is 25.4 Å². The number of hydrogen-bond acceptors (Lipinski definition) is 12. The van der Waals surface area contributed by atoms with E-state index in [4.69, 9.17) is 25.8 Å². The van der Waals surface area contributed by atoms with Gasteiger partial charge < -0.3 is 35.5 Å². The topological polar surface area (TPSA) is 183 Å². The van der Waals surface area contributed by atoms with Gasteiger partial charge in [-0.05, 0) is 73.4 Å². The van der Waals surface area contributed by atoms with Crippen LogP contribution in [-0.2, 0) is 24.7 Å². The number of amides is 2. The van der Waals surface area contributed by atoms with E-state index in [1.807, 2.05) is 12.1 Å². The number of methoxy groups -OCH3 is 2. The van der Waals surface area contributed by atoms with Crippen LogP contribution < -0.4 is 30.7 Å². The second kappa shape index (κ2) is 16.6. The highest BCUT2D eigenvalue weighted by atomic mass is 35.5. The molecule has 1 atom stereocenters. The number of aromatic nitrogens is 3. The largest absolute Gasteiger partial charge is 0.495 e. The Morgan fingerprint density at radius 1 is 0.906 bits per heavy atom. The molecule has 1 fully saturated rings. The Hall–Kier alpha value is -5.97. The maximum atomic E-state index is 13.1. The van der Waals surface area contributed by atoms with E-state index in [0.29, 0.717) is 29.3 Å². The normalized spacial score (nSPS) is 13.5. The van der Waals surface area contributed by atoms with E-state index >= 15 is 0 Å². The van der Waals surface area contributed by atoms with E-state index in [1.165, 1.54) is 31.4 Å². The molecule has 1 saturated carbocycles. The van der Waals surface area contributed by atoms with Crippen molar-refractivity contribution in [3.05, 3.63) is 88.9 Å². The molecule has 0 bridgehead atoms. The summed E-state index contributed by atoms with van der Waals surface area (Å²) in [7, 11) is 2.52. The molecular weight excluding hydrogens is 723 g/mol. The summed E-state index contributed by atoms with van der Waals surface area (Å²) in [5, 5.41) is 11.6. The van der Waals surface area contributed by atoms with Crippen molar-refractivity contribution in [1.29, 1.82) is 0 Å². The molecule has 5 rings (SSSR count). The van der Waals surface area contributed by atoms with Crippen molar-refractivity contribution in [2.24, 2.45) is 0 Å². The molecule has 53 heavy (non-hydrogen) atoms. The highest BCUT2D eigenvalue weighted by Crippen LogP contribution is 2.48. The molecule has 0 radical (unpaired) electrons. The van der Waals surface area contributed by atoms with Gasteiger partial charge in [0.2, 0.25) is 17.7 Å². The first-order chi connectivity index (χ1) is 25.3. The minimum atomic E-state index is -4.64. The van der Waals surface area contributed by atoms with Gasteiger partial charge >= 0.3 is 18.2 Å². The highest BCUT2D eigenvalue weighted by molar-refractivity contribution is 6.40. The zero-order valence-corrected chi connectivity index (χ0v) is 29.0. The van der Waals surface area contributed by atoms with Crippen LogP contribution >= 0.6 is 11.6 Å². The van der Waals surface area contributed by atoms with Gasteiger partial charge in [0.15, 0.2) is 6.61 Å². The Balaban J connectivity index is 1.24. The number of para-hydroxylation sites is 2. The summed E-state index contributed by atoms with van der Waals surface area (Å²) < 4.78 is 53.6. The van der Waals surface area contributed by atoms with Crippen molar-refractivity contribution in [2.45, 2.75) is 43.4 Å². The molecule has 4 N–H and O–H groups in total. The Morgan fingerprint density at radius 2 is 1.58 bits per heavy atom. The Bertz CT molecular complexity index is 1960. The fourth-order valence-electron chi connectivity index (χ4n) is 5.07. The number of carbonyl (C=O) groups is 4. The molecular formula is C35H33ClF3N7O7. The molecule has 278 valence electrons. The van der Waals surface area contributed by atoms with Crippen LogP contribution in [0.5, 0.6) is 11.8 Å². The molecule has 1 heterocycles. The molecule has 18 heteroatoms. The number of Topliss-reactive ketones (excluding diaryl/α,β-unsaturated/α-hetero) is 1. The number of nitrogens with one attached hydrogen (secondary N) is 4. The number of hydrogen-bond donors (Lipinski definition) is 4. The zero-order valence-electron chi connectivity index (χ0n) is 28.3. The van der Waals surface area contributed by atoms with E-state index in [-0.39, 0.29) is 36.0 Å². The van der Waals surface area contributed by atoms with Gasteiger partial charge in [0.25, 0.3) is 11.8 Å². The predicted octanol–water partition coefficient (Wildman–Crippen LogP) is 5.58. The lowest BCUT2D eigenvalue weighted by molar-refractivity contribution is -0.154. The molecule has 0 unspecified atom stereocenters.